The lowest BCUT2D eigenvalue weighted by Gasteiger charge is -2.12. The van der Waals surface area contributed by atoms with Gasteiger partial charge in [-0.05, 0) is 38.5 Å². The number of pyridine rings is 1. The van der Waals surface area contributed by atoms with Crippen LogP contribution in [0.25, 0.3) is 11.3 Å². The molecule has 7 heteroatoms. The molecule has 1 aromatic heterocycles. The molecule has 0 saturated heterocycles. The third-order valence-corrected chi connectivity index (χ3v) is 4.46. The number of hydrogen-bond donors (Lipinski definition) is 0. The van der Waals surface area contributed by atoms with E-state index in [1.165, 1.54) is 12.3 Å². The number of alkyl halides is 3. The van der Waals surface area contributed by atoms with Crippen molar-refractivity contribution in [2.24, 2.45) is 4.40 Å². The Morgan fingerprint density at radius 1 is 1.04 bits per heavy atom. The maximum Gasteiger partial charge on any atom is 0.417 e. The Hall–Kier alpha value is -2.02. The lowest BCUT2D eigenvalue weighted by atomic mass is 10.1. The van der Waals surface area contributed by atoms with Gasteiger partial charge in [0.05, 0.1) is 16.0 Å². The third-order valence-electron chi connectivity index (χ3n) is 3.12. The Morgan fingerprint density at radius 2 is 1.67 bits per heavy atom. The molecule has 1 heterocycles. The van der Waals surface area contributed by atoms with Crippen LogP contribution in [0.2, 0.25) is 0 Å². The third kappa shape index (κ3) is 4.74. The van der Waals surface area contributed by atoms with Gasteiger partial charge in [-0.3, -0.25) is 4.98 Å². The highest BCUT2D eigenvalue weighted by molar-refractivity contribution is 7.85. The van der Waals surface area contributed by atoms with Crippen molar-refractivity contribution in [3.63, 3.8) is 0 Å². The predicted molar refractivity (Wildman–Crippen MR) is 90.2 cm³/mol. The Morgan fingerprint density at radius 3 is 2.12 bits per heavy atom. The monoisotopic (exact) mass is 354 g/mol. The zero-order valence-electron chi connectivity index (χ0n) is 13.5. The molecule has 0 amide bonds. The van der Waals surface area contributed by atoms with Gasteiger partial charge in [-0.15, -0.1) is 0 Å². The van der Waals surface area contributed by atoms with Crippen molar-refractivity contribution in [3.05, 3.63) is 53.7 Å². The van der Waals surface area contributed by atoms with Crippen molar-refractivity contribution < 1.29 is 17.4 Å². The van der Waals surface area contributed by atoms with Crippen LogP contribution in [0.1, 0.15) is 31.9 Å². The number of aromatic nitrogens is 1. The average Bonchev–Trinajstić information content (AvgIpc) is 2.51. The summed E-state index contributed by atoms with van der Waals surface area (Å²) in [7, 11) is -1.34. The molecule has 0 aliphatic heterocycles. The van der Waals surface area contributed by atoms with Gasteiger partial charge < -0.3 is 0 Å². The van der Waals surface area contributed by atoms with Crippen LogP contribution in [0.15, 0.2) is 47.0 Å². The maximum atomic E-state index is 12.5. The first-order valence-corrected chi connectivity index (χ1v) is 8.28. The van der Waals surface area contributed by atoms with Crippen LogP contribution in [0.3, 0.4) is 0 Å². The molecular weight excluding hydrogens is 337 g/mol. The molecule has 2 aromatic rings. The summed E-state index contributed by atoms with van der Waals surface area (Å²) in [6.07, 6.45) is -2.06. The van der Waals surface area contributed by atoms with Crippen molar-refractivity contribution in [1.29, 1.82) is 0 Å². The van der Waals surface area contributed by atoms with Gasteiger partial charge >= 0.3 is 6.18 Å². The molecule has 24 heavy (non-hydrogen) atoms. The van der Waals surface area contributed by atoms with Gasteiger partial charge in [0.25, 0.3) is 0 Å². The fourth-order valence-electron chi connectivity index (χ4n) is 1.74. The van der Waals surface area contributed by atoms with E-state index in [0.29, 0.717) is 11.3 Å². The SMILES string of the molecule is CC(C)(C)S(=O)N=Cc1ccc(-c2ccc(C(F)(F)F)cn2)cc1. The summed E-state index contributed by atoms with van der Waals surface area (Å²) in [6, 6.07) is 9.30. The topological polar surface area (TPSA) is 42.3 Å². The van der Waals surface area contributed by atoms with Crippen molar-refractivity contribution in [2.75, 3.05) is 0 Å². The fraction of sp³-hybridized carbons (Fsp3) is 0.294. The summed E-state index contributed by atoms with van der Waals surface area (Å²) in [6.45, 7) is 5.50. The number of hydrogen-bond acceptors (Lipinski definition) is 2. The van der Waals surface area contributed by atoms with E-state index in [1.54, 1.807) is 24.3 Å². The van der Waals surface area contributed by atoms with Crippen molar-refractivity contribution >= 4 is 17.2 Å². The molecule has 1 aromatic carbocycles. The predicted octanol–water partition coefficient (Wildman–Crippen LogP) is 4.65. The van der Waals surface area contributed by atoms with E-state index in [9.17, 15) is 17.4 Å². The van der Waals surface area contributed by atoms with E-state index in [1.807, 2.05) is 20.8 Å². The minimum atomic E-state index is -4.39. The van der Waals surface area contributed by atoms with Crippen LogP contribution in [0, 0.1) is 0 Å². The van der Waals surface area contributed by atoms with E-state index < -0.39 is 27.5 Å². The van der Waals surface area contributed by atoms with E-state index >= 15 is 0 Å². The van der Waals surface area contributed by atoms with Crippen LogP contribution in [0.5, 0.6) is 0 Å². The van der Waals surface area contributed by atoms with Crippen molar-refractivity contribution in [3.8, 4) is 11.3 Å². The molecule has 0 fully saturated rings. The minimum absolute atomic E-state index is 0.430. The van der Waals surface area contributed by atoms with Crippen LogP contribution < -0.4 is 0 Å². The lowest BCUT2D eigenvalue weighted by molar-refractivity contribution is -0.137. The standard InChI is InChI=1S/C17H17F3N2OS/c1-16(2,3)24(23)22-10-12-4-6-13(7-5-12)15-9-8-14(11-21-15)17(18,19)20/h4-11H,1-3H3. The lowest BCUT2D eigenvalue weighted by Crippen LogP contribution is -2.19. The Kier molecular flexibility index (Phi) is 5.22. The quantitative estimate of drug-likeness (QED) is 0.753. The van der Waals surface area contributed by atoms with Crippen LogP contribution >= 0.6 is 0 Å². The molecule has 0 spiro atoms. The van der Waals surface area contributed by atoms with E-state index in [-0.39, 0.29) is 0 Å². The van der Waals surface area contributed by atoms with Gasteiger partial charge in [0, 0.05) is 18.0 Å². The summed E-state index contributed by atoms with van der Waals surface area (Å²) in [5, 5.41) is 0. The highest BCUT2D eigenvalue weighted by Crippen LogP contribution is 2.29. The van der Waals surface area contributed by atoms with Crippen molar-refractivity contribution in [1.82, 2.24) is 4.98 Å². The first-order chi connectivity index (χ1) is 11.1. The largest absolute Gasteiger partial charge is 0.417 e. The van der Waals surface area contributed by atoms with Gasteiger partial charge in [-0.1, -0.05) is 24.3 Å². The van der Waals surface area contributed by atoms with Gasteiger partial charge in [0.15, 0.2) is 0 Å². The molecule has 0 bridgehead atoms. The molecule has 0 saturated carbocycles. The van der Waals surface area contributed by atoms with Crippen LogP contribution in [-0.4, -0.2) is 20.2 Å². The summed E-state index contributed by atoms with van der Waals surface area (Å²) in [5.41, 5.74) is 1.12. The van der Waals surface area contributed by atoms with Gasteiger partial charge in [-0.2, -0.15) is 17.6 Å². The molecule has 1 unspecified atom stereocenters. The first kappa shape index (κ1) is 18.3. The zero-order chi connectivity index (χ0) is 18.0. The molecule has 0 radical (unpaired) electrons. The average molecular weight is 354 g/mol. The first-order valence-electron chi connectivity index (χ1n) is 7.17. The molecule has 128 valence electrons. The summed E-state index contributed by atoms with van der Waals surface area (Å²) < 4.78 is 53.0. The Labute approximate surface area is 141 Å². The second kappa shape index (κ2) is 6.84. The number of rotatable bonds is 3. The van der Waals surface area contributed by atoms with E-state index in [2.05, 4.69) is 9.38 Å². The minimum Gasteiger partial charge on any atom is -0.256 e. The molecule has 0 aliphatic rings. The second-order valence-electron chi connectivity index (χ2n) is 6.15. The van der Waals surface area contributed by atoms with Crippen LogP contribution in [0.4, 0.5) is 13.2 Å². The van der Waals surface area contributed by atoms with Gasteiger partial charge in [0.2, 0.25) is 0 Å². The summed E-state index contributed by atoms with van der Waals surface area (Å²) >= 11 is 0. The smallest absolute Gasteiger partial charge is 0.256 e. The number of halogens is 3. The summed E-state index contributed by atoms with van der Waals surface area (Å²) in [5.74, 6) is 0. The molecule has 0 aliphatic carbocycles. The Bertz CT molecular complexity index is 745. The number of nitrogens with zero attached hydrogens (tertiary/aromatic N) is 2. The molecule has 0 N–H and O–H groups in total. The summed E-state index contributed by atoms with van der Waals surface area (Å²) in [4.78, 5) is 3.85. The van der Waals surface area contributed by atoms with E-state index in [0.717, 1.165) is 17.8 Å². The fourth-order valence-corrected chi connectivity index (χ4v) is 2.27. The van der Waals surface area contributed by atoms with Gasteiger partial charge in [-0.25, -0.2) is 4.21 Å². The highest BCUT2D eigenvalue weighted by atomic mass is 32.2. The van der Waals surface area contributed by atoms with Crippen LogP contribution in [-0.2, 0) is 17.2 Å². The highest BCUT2D eigenvalue weighted by Gasteiger charge is 2.30. The zero-order valence-corrected chi connectivity index (χ0v) is 14.3. The molecular formula is C17H17F3N2OS. The molecule has 3 nitrogen and oxygen atoms in total. The van der Waals surface area contributed by atoms with Gasteiger partial charge in [0.1, 0.15) is 11.0 Å². The molecule has 2 rings (SSSR count). The normalized spacial score (nSPS) is 14.1. The maximum absolute atomic E-state index is 12.5. The molecule has 1 atom stereocenters. The second-order valence-corrected chi connectivity index (χ2v) is 8.08. The van der Waals surface area contributed by atoms with Crippen molar-refractivity contribution in [2.45, 2.75) is 31.7 Å². The Balaban J connectivity index is 2.15. The van der Waals surface area contributed by atoms with E-state index in [4.69, 9.17) is 0 Å². The number of benzene rings is 1.